The number of epoxide rings is 1. The van der Waals surface area contributed by atoms with E-state index in [0.717, 1.165) is 34.4 Å². The molecule has 1 heterocycles. The van der Waals surface area contributed by atoms with Crippen LogP contribution in [0.5, 0.6) is 5.75 Å². The summed E-state index contributed by atoms with van der Waals surface area (Å²) in [4.78, 5) is 13.1. The molecule has 2 aromatic carbocycles. The van der Waals surface area contributed by atoms with Gasteiger partial charge in [-0.2, -0.15) is 0 Å². The van der Waals surface area contributed by atoms with E-state index in [-0.39, 0.29) is 11.9 Å². The fourth-order valence-corrected chi connectivity index (χ4v) is 2.56. The van der Waals surface area contributed by atoms with Gasteiger partial charge in [-0.05, 0) is 62.6 Å². The van der Waals surface area contributed by atoms with Crippen LogP contribution in [0.25, 0.3) is 0 Å². The number of hydrogen-bond acceptors (Lipinski definition) is 3. The third kappa shape index (κ3) is 3.45. The smallest absolute Gasteiger partial charge is 0.197 e. The fourth-order valence-electron chi connectivity index (χ4n) is 2.56. The van der Waals surface area contributed by atoms with Crippen LogP contribution < -0.4 is 4.74 Å². The van der Waals surface area contributed by atoms with Crippen molar-refractivity contribution in [3.05, 3.63) is 63.7 Å². The number of carbonyl (C=O) groups excluding carboxylic acids is 1. The van der Waals surface area contributed by atoms with E-state index in [4.69, 9.17) is 9.47 Å². The van der Waals surface area contributed by atoms with Crippen LogP contribution in [0.1, 0.15) is 38.2 Å². The van der Waals surface area contributed by atoms with Gasteiger partial charge < -0.3 is 9.47 Å². The monoisotopic (exact) mass is 310 g/mol. The van der Waals surface area contributed by atoms with E-state index in [2.05, 4.69) is 0 Å². The second kappa shape index (κ2) is 6.17. The van der Waals surface area contributed by atoms with Gasteiger partial charge in [0.05, 0.1) is 12.2 Å². The van der Waals surface area contributed by atoms with Gasteiger partial charge in [-0.15, -0.1) is 0 Å². The lowest BCUT2D eigenvalue weighted by atomic mass is 9.94. The number of rotatable bonds is 5. The Morgan fingerprint density at radius 2 is 1.74 bits per heavy atom. The minimum atomic E-state index is 0.0148. The van der Waals surface area contributed by atoms with Crippen LogP contribution in [0.3, 0.4) is 0 Å². The molecule has 0 aliphatic carbocycles. The number of hydrogen-bond donors (Lipinski definition) is 0. The summed E-state index contributed by atoms with van der Waals surface area (Å²) < 4.78 is 11.1. The Kier molecular flexibility index (Phi) is 4.22. The lowest BCUT2D eigenvalue weighted by Gasteiger charge is -2.14. The average molecular weight is 310 g/mol. The Bertz CT molecular complexity index is 758. The summed E-state index contributed by atoms with van der Waals surface area (Å²) in [7, 11) is 0. The van der Waals surface area contributed by atoms with Crippen molar-refractivity contribution < 1.29 is 14.3 Å². The van der Waals surface area contributed by atoms with Gasteiger partial charge in [0, 0.05) is 5.56 Å². The Hall–Kier alpha value is -2.13. The predicted molar refractivity (Wildman–Crippen MR) is 90.5 cm³/mol. The van der Waals surface area contributed by atoms with Crippen LogP contribution in [0.2, 0.25) is 0 Å². The largest absolute Gasteiger partial charge is 0.490 e. The van der Waals surface area contributed by atoms with Gasteiger partial charge in [-0.25, -0.2) is 0 Å². The van der Waals surface area contributed by atoms with Crippen molar-refractivity contribution >= 4 is 5.78 Å². The highest BCUT2D eigenvalue weighted by molar-refractivity contribution is 6.11. The van der Waals surface area contributed by atoms with Gasteiger partial charge in [0.25, 0.3) is 0 Å². The molecule has 1 unspecified atom stereocenters. The summed E-state index contributed by atoms with van der Waals surface area (Å²) >= 11 is 0. The van der Waals surface area contributed by atoms with Crippen LogP contribution in [-0.4, -0.2) is 25.1 Å². The van der Waals surface area contributed by atoms with E-state index in [1.165, 1.54) is 0 Å². The van der Waals surface area contributed by atoms with Gasteiger partial charge in [0.15, 0.2) is 5.78 Å². The average Bonchev–Trinajstić information content (AvgIpc) is 3.34. The molecule has 3 heteroatoms. The molecule has 120 valence electrons. The number of benzene rings is 2. The van der Waals surface area contributed by atoms with Crippen molar-refractivity contribution in [2.24, 2.45) is 0 Å². The standard InChI is InChI=1S/C20H22O3/c1-12-5-6-13(2)17(7-12)20(21)18-8-14(3)15(4)9-19(18)23-11-16-10-22-16/h5-9,16H,10-11H2,1-4H3. The van der Waals surface area contributed by atoms with Gasteiger partial charge in [0.2, 0.25) is 0 Å². The quantitative estimate of drug-likeness (QED) is 0.620. The number of aryl methyl sites for hydroxylation is 4. The molecule has 0 aromatic heterocycles. The van der Waals surface area contributed by atoms with E-state index < -0.39 is 0 Å². The molecular weight excluding hydrogens is 288 g/mol. The molecule has 0 N–H and O–H groups in total. The molecule has 0 saturated carbocycles. The van der Waals surface area contributed by atoms with Gasteiger partial charge in [0.1, 0.15) is 18.5 Å². The number of ether oxygens (including phenoxy) is 2. The minimum absolute atomic E-state index is 0.0148. The first-order valence-corrected chi connectivity index (χ1v) is 7.93. The van der Waals surface area contributed by atoms with E-state index in [1.807, 2.05) is 58.0 Å². The molecule has 2 aromatic rings. The molecule has 0 amide bonds. The molecule has 1 saturated heterocycles. The molecule has 0 bridgehead atoms. The lowest BCUT2D eigenvalue weighted by molar-refractivity contribution is 0.103. The van der Waals surface area contributed by atoms with Gasteiger partial charge in [-0.3, -0.25) is 4.79 Å². The van der Waals surface area contributed by atoms with Crippen LogP contribution in [-0.2, 0) is 4.74 Å². The first kappa shape index (κ1) is 15.8. The summed E-state index contributed by atoms with van der Waals surface area (Å²) in [5.41, 5.74) is 5.64. The first-order valence-electron chi connectivity index (χ1n) is 7.93. The van der Waals surface area contributed by atoms with Crippen molar-refractivity contribution in [3.8, 4) is 5.75 Å². The second-order valence-corrected chi connectivity index (χ2v) is 6.35. The molecule has 0 radical (unpaired) electrons. The summed E-state index contributed by atoms with van der Waals surface area (Å²) in [6.07, 6.45) is 0.167. The zero-order valence-corrected chi connectivity index (χ0v) is 14.1. The molecule has 1 aliphatic heterocycles. The molecule has 1 atom stereocenters. The van der Waals surface area contributed by atoms with E-state index in [0.29, 0.717) is 17.9 Å². The topological polar surface area (TPSA) is 38.8 Å². The Balaban J connectivity index is 2.00. The van der Waals surface area contributed by atoms with Crippen LogP contribution in [0.4, 0.5) is 0 Å². The van der Waals surface area contributed by atoms with Gasteiger partial charge in [-0.1, -0.05) is 17.7 Å². The highest BCUT2D eigenvalue weighted by Crippen LogP contribution is 2.28. The van der Waals surface area contributed by atoms with E-state index in [9.17, 15) is 4.79 Å². The molecule has 1 fully saturated rings. The Labute approximate surface area is 137 Å². The summed E-state index contributed by atoms with van der Waals surface area (Å²) in [6, 6.07) is 9.84. The second-order valence-electron chi connectivity index (χ2n) is 6.35. The summed E-state index contributed by atoms with van der Waals surface area (Å²) in [5, 5.41) is 0. The third-order valence-electron chi connectivity index (χ3n) is 4.31. The van der Waals surface area contributed by atoms with Crippen LogP contribution in [0.15, 0.2) is 30.3 Å². The van der Waals surface area contributed by atoms with Crippen molar-refractivity contribution in [2.75, 3.05) is 13.2 Å². The third-order valence-corrected chi connectivity index (χ3v) is 4.31. The maximum atomic E-state index is 13.1. The van der Waals surface area contributed by atoms with Gasteiger partial charge >= 0.3 is 0 Å². The molecule has 3 nitrogen and oxygen atoms in total. The molecular formula is C20H22O3. The molecule has 3 rings (SSSR count). The fraction of sp³-hybridized carbons (Fsp3) is 0.350. The lowest BCUT2D eigenvalue weighted by Crippen LogP contribution is -2.11. The predicted octanol–water partition coefficient (Wildman–Crippen LogP) is 3.93. The first-order chi connectivity index (χ1) is 11.0. The molecule has 1 aliphatic rings. The van der Waals surface area contributed by atoms with E-state index in [1.54, 1.807) is 0 Å². The maximum absolute atomic E-state index is 13.1. The number of carbonyl (C=O) groups is 1. The van der Waals surface area contributed by atoms with Crippen molar-refractivity contribution in [1.82, 2.24) is 0 Å². The molecule has 0 spiro atoms. The van der Waals surface area contributed by atoms with E-state index >= 15 is 0 Å². The summed E-state index contributed by atoms with van der Waals surface area (Å²) in [5.74, 6) is 0.663. The Morgan fingerprint density at radius 3 is 2.43 bits per heavy atom. The van der Waals surface area contributed by atoms with Crippen LogP contribution in [0, 0.1) is 27.7 Å². The highest BCUT2D eigenvalue weighted by Gasteiger charge is 2.25. The zero-order valence-electron chi connectivity index (χ0n) is 14.1. The zero-order chi connectivity index (χ0) is 16.6. The van der Waals surface area contributed by atoms with Crippen molar-refractivity contribution in [2.45, 2.75) is 33.8 Å². The minimum Gasteiger partial charge on any atom is -0.490 e. The summed E-state index contributed by atoms with van der Waals surface area (Å²) in [6.45, 7) is 9.25. The van der Waals surface area contributed by atoms with Crippen molar-refractivity contribution in [3.63, 3.8) is 0 Å². The molecule has 23 heavy (non-hydrogen) atoms. The highest BCUT2D eigenvalue weighted by atomic mass is 16.6. The normalized spacial score (nSPS) is 16.3. The van der Waals surface area contributed by atoms with Crippen LogP contribution >= 0.6 is 0 Å². The SMILES string of the molecule is Cc1ccc(C)c(C(=O)c2cc(C)c(C)cc2OCC2CO2)c1. The Morgan fingerprint density at radius 1 is 1.04 bits per heavy atom. The van der Waals surface area contributed by atoms with Crippen molar-refractivity contribution in [1.29, 1.82) is 0 Å². The maximum Gasteiger partial charge on any atom is 0.197 e. The number of ketones is 1.